The Balaban J connectivity index is 2.60. The van der Waals surface area contributed by atoms with Crippen LogP contribution in [0.2, 0.25) is 0 Å². The van der Waals surface area contributed by atoms with Crippen LogP contribution in [-0.2, 0) is 0 Å². The molecule has 1 fully saturated rings. The van der Waals surface area contributed by atoms with Gasteiger partial charge in [-0.2, -0.15) is 13.2 Å². The van der Waals surface area contributed by atoms with Gasteiger partial charge >= 0.3 is 12.2 Å². The van der Waals surface area contributed by atoms with E-state index < -0.39 is 12.1 Å². The zero-order valence-corrected chi connectivity index (χ0v) is 8.84. The summed E-state index contributed by atoms with van der Waals surface area (Å²) in [4.78, 5) is 14.0. The van der Waals surface area contributed by atoms with Crippen LogP contribution in [0.3, 0.4) is 0 Å². The predicted molar refractivity (Wildman–Crippen MR) is 49.4 cm³/mol. The van der Waals surface area contributed by atoms with Crippen molar-refractivity contribution in [1.29, 1.82) is 0 Å². The number of alkyl halides is 3. The summed E-state index contributed by atoms with van der Waals surface area (Å²) < 4.78 is 37.3. The maximum Gasteiger partial charge on any atom is 0.393 e. The number of hydrogen-bond acceptors (Lipinski definition) is 1. The first-order valence-corrected chi connectivity index (χ1v) is 4.85. The van der Waals surface area contributed by atoms with E-state index in [4.69, 9.17) is 0 Å². The second kappa shape index (κ2) is 4.28. The molecule has 88 valence electrons. The van der Waals surface area contributed by atoms with Crippen molar-refractivity contribution in [3.8, 4) is 0 Å². The normalized spacial score (nSPS) is 22.7. The highest BCUT2D eigenvalue weighted by atomic mass is 19.4. The van der Waals surface area contributed by atoms with Gasteiger partial charge in [0.05, 0.1) is 5.92 Å². The standard InChI is InChI=1S/C9H15F3N2O/c1-13(2)8(15)14-5-3-4-7(6-14)9(10,11)12/h7H,3-6H2,1-2H3. The molecule has 0 aromatic heterocycles. The fourth-order valence-corrected chi connectivity index (χ4v) is 1.70. The summed E-state index contributed by atoms with van der Waals surface area (Å²) >= 11 is 0. The molecule has 0 radical (unpaired) electrons. The van der Waals surface area contributed by atoms with Gasteiger partial charge in [0, 0.05) is 27.2 Å². The Morgan fingerprint density at radius 3 is 2.47 bits per heavy atom. The number of nitrogens with zero attached hydrogens (tertiary/aromatic N) is 2. The van der Waals surface area contributed by atoms with Gasteiger partial charge < -0.3 is 9.80 Å². The summed E-state index contributed by atoms with van der Waals surface area (Å²) in [5.41, 5.74) is 0. The van der Waals surface area contributed by atoms with Crippen LogP contribution < -0.4 is 0 Å². The molecule has 1 saturated heterocycles. The van der Waals surface area contributed by atoms with Crippen LogP contribution in [0.5, 0.6) is 0 Å². The fraction of sp³-hybridized carbons (Fsp3) is 0.889. The van der Waals surface area contributed by atoms with E-state index in [0.29, 0.717) is 13.0 Å². The van der Waals surface area contributed by atoms with E-state index in [2.05, 4.69) is 0 Å². The molecule has 0 spiro atoms. The lowest BCUT2D eigenvalue weighted by atomic mass is 9.98. The molecule has 2 amide bonds. The van der Waals surface area contributed by atoms with Crippen molar-refractivity contribution in [3.63, 3.8) is 0 Å². The minimum absolute atomic E-state index is 0.126. The fourth-order valence-electron chi connectivity index (χ4n) is 1.70. The molecule has 1 unspecified atom stereocenters. The second-order valence-electron chi connectivity index (χ2n) is 4.00. The number of carbonyl (C=O) groups excluding carboxylic acids is 1. The minimum atomic E-state index is -4.19. The monoisotopic (exact) mass is 224 g/mol. The first-order valence-electron chi connectivity index (χ1n) is 4.85. The van der Waals surface area contributed by atoms with E-state index in [0.717, 1.165) is 0 Å². The third-order valence-electron chi connectivity index (χ3n) is 2.54. The molecule has 1 heterocycles. The van der Waals surface area contributed by atoms with E-state index in [-0.39, 0.29) is 19.0 Å². The summed E-state index contributed by atoms with van der Waals surface area (Å²) in [5, 5.41) is 0. The molecule has 0 saturated carbocycles. The van der Waals surface area contributed by atoms with Crippen LogP contribution in [0.15, 0.2) is 0 Å². The summed E-state index contributed by atoms with van der Waals surface area (Å²) in [7, 11) is 3.08. The van der Waals surface area contributed by atoms with E-state index in [9.17, 15) is 18.0 Å². The topological polar surface area (TPSA) is 23.6 Å². The van der Waals surface area contributed by atoms with Crippen LogP contribution in [0.25, 0.3) is 0 Å². The van der Waals surface area contributed by atoms with E-state index >= 15 is 0 Å². The van der Waals surface area contributed by atoms with Crippen LogP contribution in [0, 0.1) is 5.92 Å². The zero-order valence-electron chi connectivity index (χ0n) is 8.84. The molecule has 1 atom stereocenters. The van der Waals surface area contributed by atoms with Crippen LogP contribution in [0.4, 0.5) is 18.0 Å². The number of carbonyl (C=O) groups is 1. The summed E-state index contributed by atoms with van der Waals surface area (Å²) in [6.07, 6.45) is -3.64. The smallest absolute Gasteiger partial charge is 0.331 e. The molecule has 15 heavy (non-hydrogen) atoms. The van der Waals surface area contributed by atoms with Crippen molar-refractivity contribution in [2.45, 2.75) is 19.0 Å². The number of piperidine rings is 1. The van der Waals surface area contributed by atoms with Crippen molar-refractivity contribution in [2.75, 3.05) is 27.2 Å². The molecule has 6 heteroatoms. The van der Waals surface area contributed by atoms with Gasteiger partial charge in [-0.25, -0.2) is 4.79 Å². The largest absolute Gasteiger partial charge is 0.393 e. The number of rotatable bonds is 0. The number of urea groups is 1. The molecule has 1 aliphatic heterocycles. The highest BCUT2D eigenvalue weighted by Gasteiger charge is 2.42. The van der Waals surface area contributed by atoms with Gasteiger partial charge in [0.1, 0.15) is 0 Å². The predicted octanol–water partition coefficient (Wildman–Crippen LogP) is 1.94. The third kappa shape index (κ3) is 3.00. The SMILES string of the molecule is CN(C)C(=O)N1CCCC(C(F)(F)F)C1. The highest BCUT2D eigenvalue weighted by molar-refractivity contribution is 5.73. The maximum absolute atomic E-state index is 12.4. The molecular weight excluding hydrogens is 209 g/mol. The van der Waals surface area contributed by atoms with Gasteiger partial charge in [-0.3, -0.25) is 0 Å². The molecule has 0 bridgehead atoms. The third-order valence-corrected chi connectivity index (χ3v) is 2.54. The lowest BCUT2D eigenvalue weighted by Gasteiger charge is -2.35. The number of hydrogen-bond donors (Lipinski definition) is 0. The van der Waals surface area contributed by atoms with Crippen LogP contribution in [0.1, 0.15) is 12.8 Å². The van der Waals surface area contributed by atoms with Crippen molar-refractivity contribution in [2.24, 2.45) is 5.92 Å². The van der Waals surface area contributed by atoms with E-state index in [1.807, 2.05) is 0 Å². The Hall–Kier alpha value is -0.940. The van der Waals surface area contributed by atoms with Crippen molar-refractivity contribution >= 4 is 6.03 Å². The van der Waals surface area contributed by atoms with Crippen molar-refractivity contribution in [3.05, 3.63) is 0 Å². The van der Waals surface area contributed by atoms with Crippen molar-refractivity contribution in [1.82, 2.24) is 9.80 Å². The summed E-state index contributed by atoms with van der Waals surface area (Å²) in [6, 6.07) is -0.344. The van der Waals surface area contributed by atoms with Gasteiger partial charge in [-0.05, 0) is 12.8 Å². The summed E-state index contributed by atoms with van der Waals surface area (Å²) in [5.74, 6) is -1.37. The first kappa shape index (κ1) is 12.1. The van der Waals surface area contributed by atoms with Gasteiger partial charge in [-0.15, -0.1) is 0 Å². The van der Waals surface area contributed by atoms with E-state index in [1.165, 1.54) is 9.80 Å². The first-order chi connectivity index (χ1) is 6.82. The quantitative estimate of drug-likeness (QED) is 0.616. The van der Waals surface area contributed by atoms with Crippen LogP contribution in [-0.4, -0.2) is 49.2 Å². The average Bonchev–Trinajstić information content (AvgIpc) is 2.15. The van der Waals surface area contributed by atoms with Gasteiger partial charge in [-0.1, -0.05) is 0 Å². The molecule has 1 aliphatic rings. The highest BCUT2D eigenvalue weighted by Crippen LogP contribution is 2.33. The molecule has 0 N–H and O–H groups in total. The van der Waals surface area contributed by atoms with Gasteiger partial charge in [0.25, 0.3) is 0 Å². The Bertz CT molecular complexity index is 240. The Labute approximate surface area is 86.8 Å². The number of halogens is 3. The van der Waals surface area contributed by atoms with Gasteiger partial charge in [0.15, 0.2) is 0 Å². The second-order valence-corrected chi connectivity index (χ2v) is 4.00. The molecule has 0 aliphatic carbocycles. The maximum atomic E-state index is 12.4. The number of amides is 2. The van der Waals surface area contributed by atoms with Gasteiger partial charge in [0.2, 0.25) is 0 Å². The zero-order chi connectivity index (χ0) is 11.6. The van der Waals surface area contributed by atoms with E-state index in [1.54, 1.807) is 14.1 Å². The molecule has 1 rings (SSSR count). The lowest BCUT2D eigenvalue weighted by molar-refractivity contribution is -0.184. The molecule has 3 nitrogen and oxygen atoms in total. The Morgan fingerprint density at radius 1 is 1.40 bits per heavy atom. The average molecular weight is 224 g/mol. The molecule has 0 aromatic carbocycles. The van der Waals surface area contributed by atoms with Crippen molar-refractivity contribution < 1.29 is 18.0 Å². The minimum Gasteiger partial charge on any atom is -0.331 e. The Kier molecular flexibility index (Phi) is 3.46. The van der Waals surface area contributed by atoms with Crippen LogP contribution >= 0.6 is 0 Å². The number of likely N-dealkylation sites (tertiary alicyclic amines) is 1. The molecule has 0 aromatic rings. The Morgan fingerprint density at radius 2 is 2.00 bits per heavy atom. The lowest BCUT2D eigenvalue weighted by Crippen LogP contribution is -2.48. The summed E-state index contributed by atoms with van der Waals surface area (Å²) in [6.45, 7) is 0.212. The molecular formula is C9H15F3N2O.